The molecule has 3 saturated carbocycles. The summed E-state index contributed by atoms with van der Waals surface area (Å²) >= 11 is 0. The van der Waals surface area contributed by atoms with E-state index in [4.69, 9.17) is 4.98 Å². The first kappa shape index (κ1) is 22.3. The van der Waals surface area contributed by atoms with Crippen LogP contribution in [0.25, 0.3) is 11.7 Å². The van der Waals surface area contributed by atoms with Crippen molar-refractivity contribution in [3.63, 3.8) is 0 Å². The minimum absolute atomic E-state index is 0.0334. The molecule has 3 aliphatic carbocycles. The predicted octanol–water partition coefficient (Wildman–Crippen LogP) is 4.45. The second-order valence-electron chi connectivity index (χ2n) is 10.9. The highest BCUT2D eigenvalue weighted by atomic mass is 16.2. The zero-order chi connectivity index (χ0) is 23.9. The van der Waals surface area contributed by atoms with Crippen LogP contribution in [0.4, 0.5) is 11.6 Å². The van der Waals surface area contributed by atoms with E-state index < -0.39 is 0 Å². The quantitative estimate of drug-likeness (QED) is 0.496. The third-order valence-corrected chi connectivity index (χ3v) is 7.72. The van der Waals surface area contributed by atoms with Crippen molar-refractivity contribution in [1.29, 1.82) is 0 Å². The monoisotopic (exact) mass is 474 g/mol. The Hall–Kier alpha value is -3.16. The van der Waals surface area contributed by atoms with Gasteiger partial charge in [-0.05, 0) is 74.9 Å². The number of carbonyl (C=O) groups excluding carboxylic acids is 2. The fourth-order valence-electron chi connectivity index (χ4n) is 5.36. The van der Waals surface area contributed by atoms with Crippen molar-refractivity contribution in [2.75, 3.05) is 10.6 Å². The minimum Gasteiger partial charge on any atom is -0.367 e. The van der Waals surface area contributed by atoms with Crippen molar-refractivity contribution < 1.29 is 9.59 Å². The topological polar surface area (TPSA) is 100 Å². The summed E-state index contributed by atoms with van der Waals surface area (Å²) in [5.41, 5.74) is 3.15. The van der Waals surface area contributed by atoms with Crippen molar-refractivity contribution in [2.24, 2.45) is 11.8 Å². The molecule has 0 spiro atoms. The molecule has 4 fully saturated rings. The summed E-state index contributed by atoms with van der Waals surface area (Å²) in [5.74, 6) is 3.43. The van der Waals surface area contributed by atoms with Crippen LogP contribution < -0.4 is 16.0 Å². The fourth-order valence-corrected chi connectivity index (χ4v) is 5.36. The Balaban J connectivity index is 1.17. The molecule has 0 bridgehead atoms. The molecule has 0 atom stereocenters. The van der Waals surface area contributed by atoms with Crippen molar-refractivity contribution >= 4 is 35.0 Å². The van der Waals surface area contributed by atoms with Gasteiger partial charge in [-0.25, -0.2) is 4.98 Å². The number of hydrogen-bond donors (Lipinski definition) is 3. The SMILES string of the molecule is C=C1NC(=O)C/C1=C\c1cnn2c(NC3CC3)cc(NC3CCC(CC(=O)CC4CC4)CC3)nc12. The molecular formula is C27H34N6O2. The maximum absolute atomic E-state index is 12.3. The summed E-state index contributed by atoms with van der Waals surface area (Å²) < 4.78 is 1.85. The average molecular weight is 475 g/mol. The zero-order valence-electron chi connectivity index (χ0n) is 20.2. The first-order valence-corrected chi connectivity index (χ1v) is 13.1. The van der Waals surface area contributed by atoms with Gasteiger partial charge in [0.15, 0.2) is 5.65 Å². The van der Waals surface area contributed by atoms with Gasteiger partial charge in [-0.2, -0.15) is 9.61 Å². The van der Waals surface area contributed by atoms with Gasteiger partial charge in [-0.15, -0.1) is 0 Å². The number of amides is 1. The first-order valence-electron chi connectivity index (χ1n) is 13.1. The minimum atomic E-state index is -0.0334. The van der Waals surface area contributed by atoms with Crippen molar-refractivity contribution in [3.05, 3.63) is 35.7 Å². The number of nitrogens with one attached hydrogen (secondary N) is 3. The Labute approximate surface area is 205 Å². The molecule has 0 radical (unpaired) electrons. The second-order valence-corrected chi connectivity index (χ2v) is 10.9. The van der Waals surface area contributed by atoms with E-state index >= 15 is 0 Å². The third kappa shape index (κ3) is 5.26. The largest absolute Gasteiger partial charge is 0.367 e. The summed E-state index contributed by atoms with van der Waals surface area (Å²) in [6.07, 6.45) is 14.8. The summed E-state index contributed by atoms with van der Waals surface area (Å²) in [6, 6.07) is 2.90. The molecule has 4 aliphatic rings. The smallest absolute Gasteiger partial charge is 0.228 e. The van der Waals surface area contributed by atoms with Crippen LogP contribution in [0, 0.1) is 11.8 Å². The summed E-state index contributed by atoms with van der Waals surface area (Å²) in [7, 11) is 0. The molecular weight excluding hydrogens is 440 g/mol. The molecule has 35 heavy (non-hydrogen) atoms. The van der Waals surface area contributed by atoms with Crippen LogP contribution in [0.2, 0.25) is 0 Å². The molecule has 2 aromatic heterocycles. The first-order chi connectivity index (χ1) is 17.0. The number of hydrogen-bond acceptors (Lipinski definition) is 6. The predicted molar refractivity (Wildman–Crippen MR) is 136 cm³/mol. The lowest BCUT2D eigenvalue weighted by molar-refractivity contribution is -0.120. The van der Waals surface area contributed by atoms with Crippen LogP contribution in [-0.2, 0) is 9.59 Å². The molecule has 1 aliphatic heterocycles. The highest BCUT2D eigenvalue weighted by molar-refractivity contribution is 5.89. The van der Waals surface area contributed by atoms with Crippen LogP contribution >= 0.6 is 0 Å². The molecule has 184 valence electrons. The number of Topliss-reactive ketones (excluding diaryl/α,β-unsaturated/α-hetero) is 1. The Morgan fingerprint density at radius 2 is 1.71 bits per heavy atom. The number of ketones is 1. The van der Waals surface area contributed by atoms with Gasteiger partial charge in [0.2, 0.25) is 5.91 Å². The number of fused-ring (bicyclic) bond motifs is 1. The standard InChI is InChI=1S/C27H34N6O2/c1-16-19(13-26(35)29-16)12-20-15-28-33-25(31-22-8-9-22)14-24(32-27(20)33)30-21-6-4-18(5-7-21)11-23(34)10-17-2-3-17/h12,14-15,17-18,21-22,31H,1-11,13H2,(H,29,35)(H,30,32)/b19-12+. The van der Waals surface area contributed by atoms with Crippen LogP contribution in [0.5, 0.6) is 0 Å². The summed E-state index contributed by atoms with van der Waals surface area (Å²) in [5, 5.41) is 14.6. The van der Waals surface area contributed by atoms with E-state index in [1.165, 1.54) is 25.7 Å². The zero-order valence-corrected chi connectivity index (χ0v) is 20.2. The van der Waals surface area contributed by atoms with Gasteiger partial charge in [0.1, 0.15) is 17.4 Å². The number of rotatable bonds is 9. The van der Waals surface area contributed by atoms with E-state index in [2.05, 4.69) is 33.7 Å². The summed E-state index contributed by atoms with van der Waals surface area (Å²) in [4.78, 5) is 29.0. The van der Waals surface area contributed by atoms with Crippen LogP contribution in [-0.4, -0.2) is 38.4 Å². The Morgan fingerprint density at radius 1 is 1.06 bits per heavy atom. The molecule has 1 saturated heterocycles. The molecule has 1 amide bonds. The van der Waals surface area contributed by atoms with Crippen molar-refractivity contribution in [2.45, 2.75) is 82.7 Å². The molecule has 3 N–H and O–H groups in total. The van der Waals surface area contributed by atoms with Crippen LogP contribution in [0.3, 0.4) is 0 Å². The van der Waals surface area contributed by atoms with Crippen molar-refractivity contribution in [1.82, 2.24) is 19.9 Å². The lowest BCUT2D eigenvalue weighted by Crippen LogP contribution is -2.27. The number of carbonyl (C=O) groups is 2. The van der Waals surface area contributed by atoms with E-state index in [1.807, 2.05) is 10.6 Å². The van der Waals surface area contributed by atoms with Gasteiger partial charge in [-0.3, -0.25) is 9.59 Å². The molecule has 8 heteroatoms. The summed E-state index contributed by atoms with van der Waals surface area (Å²) in [6.45, 7) is 3.95. The average Bonchev–Trinajstić information content (AvgIpc) is 3.74. The lowest BCUT2D eigenvalue weighted by atomic mass is 9.82. The van der Waals surface area contributed by atoms with Gasteiger partial charge in [0, 0.05) is 42.3 Å². The second kappa shape index (κ2) is 9.13. The Bertz CT molecular complexity index is 1200. The fraction of sp³-hybridized carbons (Fsp3) is 0.556. The van der Waals surface area contributed by atoms with Crippen LogP contribution in [0.1, 0.15) is 76.2 Å². The van der Waals surface area contributed by atoms with Crippen molar-refractivity contribution in [3.8, 4) is 0 Å². The van der Waals surface area contributed by atoms with E-state index in [0.717, 1.165) is 66.9 Å². The van der Waals surface area contributed by atoms with E-state index in [-0.39, 0.29) is 5.91 Å². The normalized spacial score (nSPS) is 25.8. The van der Waals surface area contributed by atoms with Gasteiger partial charge < -0.3 is 16.0 Å². The third-order valence-electron chi connectivity index (χ3n) is 7.72. The molecule has 0 aromatic carbocycles. The number of nitrogens with zero attached hydrogens (tertiary/aromatic N) is 3. The van der Waals surface area contributed by atoms with Gasteiger partial charge in [0.25, 0.3) is 0 Å². The van der Waals surface area contributed by atoms with E-state index in [1.54, 1.807) is 6.20 Å². The molecule has 3 heterocycles. The highest BCUT2D eigenvalue weighted by Gasteiger charge is 2.28. The van der Waals surface area contributed by atoms with Gasteiger partial charge in [-0.1, -0.05) is 6.58 Å². The maximum atomic E-state index is 12.3. The molecule has 0 unspecified atom stereocenters. The molecule has 2 aromatic rings. The van der Waals surface area contributed by atoms with E-state index in [0.29, 0.717) is 41.8 Å². The number of anilines is 2. The number of allylic oxidation sites excluding steroid dienone is 1. The van der Waals surface area contributed by atoms with Gasteiger partial charge >= 0.3 is 0 Å². The Kier molecular flexibility index (Phi) is 5.82. The number of aromatic nitrogens is 3. The highest BCUT2D eigenvalue weighted by Crippen LogP contribution is 2.35. The molecule has 8 nitrogen and oxygen atoms in total. The van der Waals surface area contributed by atoms with Gasteiger partial charge in [0.05, 0.1) is 12.6 Å². The molecule has 6 rings (SSSR count). The van der Waals surface area contributed by atoms with E-state index in [9.17, 15) is 9.59 Å². The lowest BCUT2D eigenvalue weighted by Gasteiger charge is -2.29. The maximum Gasteiger partial charge on any atom is 0.228 e. The van der Waals surface area contributed by atoms with Crippen LogP contribution in [0.15, 0.2) is 30.1 Å². The Morgan fingerprint density at radius 3 is 2.34 bits per heavy atom.